The van der Waals surface area contributed by atoms with E-state index >= 15 is 0 Å². The summed E-state index contributed by atoms with van der Waals surface area (Å²) in [5.41, 5.74) is 0.811. The van der Waals surface area contributed by atoms with Gasteiger partial charge < -0.3 is 89.3 Å². The molecule has 19 nitrogen and oxygen atoms in total. The molecule has 0 radical (unpaired) electrons. The Hall–Kier alpha value is -3.67. The number of aromatic hydroxyl groups is 4. The normalized spacial score (nSPS) is 37.3. The van der Waals surface area contributed by atoms with Crippen LogP contribution in [0.1, 0.15) is 25.0 Å². The number of hydrogen-bond acceptors (Lipinski definition) is 19. The van der Waals surface area contributed by atoms with Crippen LogP contribution in [0, 0.1) is 0 Å². The Labute approximate surface area is 308 Å². The molecular formula is C35H46O19. The van der Waals surface area contributed by atoms with Crippen LogP contribution in [0.5, 0.6) is 23.0 Å². The van der Waals surface area contributed by atoms with E-state index in [2.05, 4.69) is 0 Å². The summed E-state index contributed by atoms with van der Waals surface area (Å²) in [5.74, 6) is -2.62. The number of hydrogen-bond donors (Lipinski definition) is 11. The topological polar surface area (TPSA) is 304 Å². The van der Waals surface area contributed by atoms with Crippen LogP contribution in [0.2, 0.25) is 0 Å². The summed E-state index contributed by atoms with van der Waals surface area (Å²) in [6.07, 6.45) is -21.1. The third-order valence-corrected chi connectivity index (χ3v) is 9.32. The van der Waals surface area contributed by atoms with E-state index in [0.717, 1.165) is 6.08 Å². The van der Waals surface area contributed by atoms with Crippen LogP contribution < -0.4 is 0 Å². The van der Waals surface area contributed by atoms with Gasteiger partial charge in [0, 0.05) is 6.08 Å². The van der Waals surface area contributed by atoms with E-state index in [0.29, 0.717) is 5.56 Å². The molecule has 3 saturated heterocycles. The van der Waals surface area contributed by atoms with Gasteiger partial charge in [0.05, 0.1) is 25.4 Å². The van der Waals surface area contributed by atoms with Gasteiger partial charge in [-0.2, -0.15) is 0 Å². The predicted molar refractivity (Wildman–Crippen MR) is 178 cm³/mol. The molecular weight excluding hydrogens is 724 g/mol. The zero-order chi connectivity index (χ0) is 39.4. The molecule has 54 heavy (non-hydrogen) atoms. The minimum absolute atomic E-state index is 0.134. The van der Waals surface area contributed by atoms with Crippen molar-refractivity contribution >= 4 is 12.0 Å². The number of carbonyl (C=O) groups is 1. The molecule has 2 aromatic carbocycles. The van der Waals surface area contributed by atoms with E-state index in [1.165, 1.54) is 56.3 Å². The summed E-state index contributed by atoms with van der Waals surface area (Å²) in [4.78, 5) is 13.3. The molecule has 19 heteroatoms. The molecule has 5 rings (SSSR count). The lowest BCUT2D eigenvalue weighted by molar-refractivity contribution is -0.363. The van der Waals surface area contributed by atoms with Gasteiger partial charge in [0.15, 0.2) is 48.0 Å². The van der Waals surface area contributed by atoms with Crippen molar-refractivity contribution in [3.8, 4) is 23.0 Å². The van der Waals surface area contributed by atoms with Crippen molar-refractivity contribution in [3.63, 3.8) is 0 Å². The third-order valence-electron chi connectivity index (χ3n) is 9.32. The Balaban J connectivity index is 1.43. The highest BCUT2D eigenvalue weighted by Gasteiger charge is 2.53. The zero-order valence-corrected chi connectivity index (χ0v) is 29.1. The van der Waals surface area contributed by atoms with E-state index in [4.69, 9.17) is 33.2 Å². The van der Waals surface area contributed by atoms with Gasteiger partial charge in [0.1, 0.15) is 54.9 Å². The number of rotatable bonds is 12. The second-order valence-electron chi connectivity index (χ2n) is 13.3. The molecule has 15 atom stereocenters. The van der Waals surface area contributed by atoms with E-state index in [1.54, 1.807) is 0 Å². The first-order chi connectivity index (χ1) is 25.5. The van der Waals surface area contributed by atoms with Crippen molar-refractivity contribution < 1.29 is 94.1 Å². The number of benzene rings is 2. The fourth-order valence-corrected chi connectivity index (χ4v) is 6.08. The van der Waals surface area contributed by atoms with E-state index in [-0.39, 0.29) is 30.1 Å². The molecule has 3 heterocycles. The average Bonchev–Trinajstić information content (AvgIpc) is 3.14. The van der Waals surface area contributed by atoms with Gasteiger partial charge in [0.25, 0.3) is 0 Å². The second-order valence-corrected chi connectivity index (χ2v) is 13.3. The lowest BCUT2D eigenvalue weighted by Gasteiger charge is -2.47. The first-order valence-corrected chi connectivity index (χ1v) is 17.1. The van der Waals surface area contributed by atoms with Crippen LogP contribution >= 0.6 is 0 Å². The summed E-state index contributed by atoms with van der Waals surface area (Å²) >= 11 is 0. The summed E-state index contributed by atoms with van der Waals surface area (Å²) in [6.45, 7) is 2.06. The highest BCUT2D eigenvalue weighted by molar-refractivity contribution is 5.87. The van der Waals surface area contributed by atoms with Crippen molar-refractivity contribution in [1.29, 1.82) is 0 Å². The highest BCUT2D eigenvalue weighted by Crippen LogP contribution is 2.33. The second kappa shape index (κ2) is 17.9. The van der Waals surface area contributed by atoms with Crippen LogP contribution in [0.25, 0.3) is 6.08 Å². The van der Waals surface area contributed by atoms with Crippen LogP contribution in [-0.2, 0) is 44.4 Å². The number of phenolic OH excluding ortho intramolecular Hbond substituents is 4. The van der Waals surface area contributed by atoms with Crippen molar-refractivity contribution in [2.24, 2.45) is 0 Å². The summed E-state index contributed by atoms with van der Waals surface area (Å²) in [7, 11) is 0. The molecule has 0 saturated carbocycles. The van der Waals surface area contributed by atoms with Gasteiger partial charge in [-0.1, -0.05) is 12.1 Å². The van der Waals surface area contributed by atoms with Crippen molar-refractivity contribution in [2.75, 3.05) is 13.2 Å². The molecule has 0 aromatic heterocycles. The van der Waals surface area contributed by atoms with E-state index in [1.807, 2.05) is 0 Å². The quantitative estimate of drug-likeness (QED) is 0.0622. The number of aliphatic hydroxyl groups is 7. The summed E-state index contributed by atoms with van der Waals surface area (Å²) in [5, 5.41) is 113. The zero-order valence-electron chi connectivity index (χ0n) is 29.1. The molecule has 3 aliphatic rings. The van der Waals surface area contributed by atoms with Gasteiger partial charge >= 0.3 is 5.97 Å². The molecule has 0 bridgehead atoms. The maximum absolute atomic E-state index is 13.3. The van der Waals surface area contributed by atoms with Gasteiger partial charge in [-0.05, 0) is 61.7 Å². The molecule has 0 spiro atoms. The minimum atomic E-state index is -1.86. The van der Waals surface area contributed by atoms with Crippen LogP contribution in [-0.4, -0.2) is 167 Å². The monoisotopic (exact) mass is 770 g/mol. The number of aliphatic hydroxyl groups excluding tert-OH is 7. The Morgan fingerprint density at radius 3 is 1.85 bits per heavy atom. The molecule has 0 aliphatic carbocycles. The average molecular weight is 771 g/mol. The summed E-state index contributed by atoms with van der Waals surface area (Å²) < 4.78 is 40.4. The Bertz CT molecular complexity index is 1590. The van der Waals surface area contributed by atoms with Crippen molar-refractivity contribution in [2.45, 2.75) is 112 Å². The first kappa shape index (κ1) is 41.5. The number of ether oxygens (including phenoxy) is 7. The van der Waals surface area contributed by atoms with Crippen molar-refractivity contribution in [3.05, 3.63) is 53.6 Å². The fourth-order valence-electron chi connectivity index (χ4n) is 6.08. The SMILES string of the molecule is C[C@H]1O[C@H](OC[C@@H]2O[C@H](OCCc3ccc(O)c(O)c3)[C@@H](O)[C@H](O[C@H]3O[C@H](C)[C@@H](O)[C@H](O)[C@@H]3O)[C@H]2OC(=O)/C=C/c2ccc(O)c(O)c2)[C@@H](O)[C@@H](O)[C@@H]1O. The maximum Gasteiger partial charge on any atom is 0.331 e. The predicted octanol–water partition coefficient (Wildman–Crippen LogP) is -2.16. The van der Waals surface area contributed by atoms with E-state index in [9.17, 15) is 61.0 Å². The standard InChI is InChI=1S/C35H46O19/c1-14-24(41)26(43)28(45)33(50-14)49-13-22-31(53-23(40)8-5-16-3-6-18(36)20(38)11-16)32(54-35-29(46)27(44)25(42)15(2)51-35)30(47)34(52-22)48-10-9-17-4-7-19(37)21(39)12-17/h3-8,11-12,14-15,22,24-39,41-47H,9-10,13H2,1-2H3/b8-5+/t14-,15-,22+,24-,25-,26+,27+,28+,29+,30+,31+,32+,33+,34+,35-/m1/s1. The van der Waals surface area contributed by atoms with Crippen LogP contribution in [0.3, 0.4) is 0 Å². The third kappa shape index (κ3) is 9.58. The highest BCUT2D eigenvalue weighted by atomic mass is 16.8. The smallest absolute Gasteiger partial charge is 0.331 e. The number of carbonyl (C=O) groups excluding carboxylic acids is 1. The van der Waals surface area contributed by atoms with E-state index < -0.39 is 116 Å². The lowest BCUT2D eigenvalue weighted by Crippen LogP contribution is -2.65. The molecule has 0 unspecified atom stereocenters. The molecule has 3 aliphatic heterocycles. The Morgan fingerprint density at radius 1 is 0.648 bits per heavy atom. The molecule has 3 fully saturated rings. The Morgan fingerprint density at radius 2 is 1.22 bits per heavy atom. The maximum atomic E-state index is 13.3. The largest absolute Gasteiger partial charge is 0.504 e. The number of esters is 1. The summed E-state index contributed by atoms with van der Waals surface area (Å²) in [6, 6.07) is 7.83. The first-order valence-electron chi connectivity index (χ1n) is 17.1. The van der Waals surface area contributed by atoms with Gasteiger partial charge in [-0.25, -0.2) is 4.79 Å². The van der Waals surface area contributed by atoms with Gasteiger partial charge in [0.2, 0.25) is 0 Å². The Kier molecular flexibility index (Phi) is 13.7. The minimum Gasteiger partial charge on any atom is -0.504 e. The molecule has 0 amide bonds. The fraction of sp³-hybridized carbons (Fsp3) is 0.571. The van der Waals surface area contributed by atoms with Gasteiger partial charge in [-0.3, -0.25) is 0 Å². The van der Waals surface area contributed by atoms with Crippen molar-refractivity contribution in [1.82, 2.24) is 0 Å². The molecule has 300 valence electrons. The molecule has 11 N–H and O–H groups in total. The van der Waals surface area contributed by atoms with Gasteiger partial charge in [-0.15, -0.1) is 0 Å². The molecule has 2 aromatic rings. The van der Waals surface area contributed by atoms with Crippen LogP contribution in [0.4, 0.5) is 0 Å². The number of phenols is 4. The van der Waals surface area contributed by atoms with Crippen LogP contribution in [0.15, 0.2) is 42.5 Å². The lowest BCUT2D eigenvalue weighted by atomic mass is 9.96.